The number of aromatic nitrogens is 4. The van der Waals surface area contributed by atoms with Gasteiger partial charge in [-0.1, -0.05) is 39.8 Å². The molecule has 1 aromatic heterocycles. The second-order valence-electron chi connectivity index (χ2n) is 4.30. The number of benzene rings is 2. The first-order valence-electron chi connectivity index (χ1n) is 6.17. The minimum atomic E-state index is 0.218. The molecule has 3 aromatic rings. The summed E-state index contributed by atoms with van der Waals surface area (Å²) in [5.41, 5.74) is 2.01. The van der Waals surface area contributed by atoms with Gasteiger partial charge in [-0.3, -0.25) is 0 Å². The zero-order chi connectivity index (χ0) is 14.7. The van der Waals surface area contributed by atoms with Gasteiger partial charge >= 0.3 is 0 Å². The smallest absolute Gasteiger partial charge is 0.214 e. The summed E-state index contributed by atoms with van der Waals surface area (Å²) in [6.07, 6.45) is 0. The van der Waals surface area contributed by atoms with E-state index in [-0.39, 0.29) is 5.75 Å². The van der Waals surface area contributed by atoms with Crippen molar-refractivity contribution in [1.29, 1.82) is 0 Å². The molecule has 0 aliphatic heterocycles. The van der Waals surface area contributed by atoms with Crippen molar-refractivity contribution in [2.45, 2.75) is 10.9 Å². The SMILES string of the molecule is Oc1ccc(-n2nnnc2SCc2ccc(Br)cc2)cc1. The molecule has 0 saturated carbocycles. The molecular weight excluding hydrogens is 352 g/mol. The third-order valence-electron chi connectivity index (χ3n) is 2.82. The number of hydrogen-bond acceptors (Lipinski definition) is 5. The van der Waals surface area contributed by atoms with Gasteiger partial charge in [-0.15, -0.1) is 5.10 Å². The summed E-state index contributed by atoms with van der Waals surface area (Å²) in [5, 5.41) is 21.8. The van der Waals surface area contributed by atoms with Crippen molar-refractivity contribution in [3.8, 4) is 11.4 Å². The van der Waals surface area contributed by atoms with Crippen LogP contribution in [0.3, 0.4) is 0 Å². The number of phenolic OH excluding ortho intramolecular Hbond substituents is 1. The molecular formula is C14H11BrN4OS. The van der Waals surface area contributed by atoms with Gasteiger partial charge in [0, 0.05) is 10.2 Å². The van der Waals surface area contributed by atoms with E-state index < -0.39 is 0 Å². The second kappa shape index (κ2) is 6.28. The van der Waals surface area contributed by atoms with Crippen LogP contribution in [0.15, 0.2) is 58.2 Å². The largest absolute Gasteiger partial charge is 0.508 e. The maximum Gasteiger partial charge on any atom is 0.214 e. The summed E-state index contributed by atoms with van der Waals surface area (Å²) in [6, 6.07) is 14.9. The molecule has 2 aromatic carbocycles. The molecule has 1 N–H and O–H groups in total. The molecule has 0 radical (unpaired) electrons. The number of aromatic hydroxyl groups is 1. The van der Waals surface area contributed by atoms with E-state index in [1.54, 1.807) is 40.7 Å². The Hall–Kier alpha value is -1.86. The fourth-order valence-electron chi connectivity index (χ4n) is 1.75. The molecule has 0 unspecified atom stereocenters. The molecule has 1 heterocycles. The average molecular weight is 363 g/mol. The summed E-state index contributed by atoms with van der Waals surface area (Å²) >= 11 is 4.98. The van der Waals surface area contributed by atoms with Crippen molar-refractivity contribution in [1.82, 2.24) is 20.2 Å². The van der Waals surface area contributed by atoms with Crippen molar-refractivity contribution >= 4 is 27.7 Å². The number of phenols is 1. The van der Waals surface area contributed by atoms with E-state index >= 15 is 0 Å². The molecule has 21 heavy (non-hydrogen) atoms. The first-order chi connectivity index (χ1) is 10.2. The molecule has 0 saturated heterocycles. The Morgan fingerprint density at radius 3 is 2.48 bits per heavy atom. The maximum absolute atomic E-state index is 9.33. The lowest BCUT2D eigenvalue weighted by molar-refractivity contribution is 0.475. The van der Waals surface area contributed by atoms with E-state index in [1.165, 1.54) is 5.56 Å². The highest BCUT2D eigenvalue weighted by Gasteiger charge is 2.09. The summed E-state index contributed by atoms with van der Waals surface area (Å²) in [5.74, 6) is 1.00. The van der Waals surface area contributed by atoms with Crippen molar-refractivity contribution in [3.05, 3.63) is 58.6 Å². The summed E-state index contributed by atoms with van der Waals surface area (Å²) in [6.45, 7) is 0. The quantitative estimate of drug-likeness (QED) is 0.720. The topological polar surface area (TPSA) is 63.8 Å². The second-order valence-corrected chi connectivity index (χ2v) is 6.16. The summed E-state index contributed by atoms with van der Waals surface area (Å²) in [4.78, 5) is 0. The van der Waals surface area contributed by atoms with Crippen LogP contribution in [0, 0.1) is 0 Å². The van der Waals surface area contributed by atoms with E-state index in [0.717, 1.165) is 15.9 Å². The Morgan fingerprint density at radius 2 is 1.76 bits per heavy atom. The fraction of sp³-hybridized carbons (Fsp3) is 0.0714. The van der Waals surface area contributed by atoms with Gasteiger partial charge in [-0.25, -0.2) is 0 Å². The van der Waals surface area contributed by atoms with Gasteiger partial charge in [0.2, 0.25) is 5.16 Å². The third-order valence-corrected chi connectivity index (χ3v) is 4.34. The lowest BCUT2D eigenvalue weighted by Crippen LogP contribution is -1.98. The Kier molecular flexibility index (Phi) is 4.21. The van der Waals surface area contributed by atoms with Gasteiger partial charge < -0.3 is 5.11 Å². The van der Waals surface area contributed by atoms with Gasteiger partial charge in [0.05, 0.1) is 5.69 Å². The monoisotopic (exact) mass is 362 g/mol. The standard InChI is InChI=1S/C14H11BrN4OS/c15-11-3-1-10(2-4-11)9-21-14-16-17-18-19(14)12-5-7-13(20)8-6-12/h1-8,20H,9H2. The normalized spacial score (nSPS) is 10.7. The molecule has 106 valence electrons. The molecule has 0 aliphatic rings. The lowest BCUT2D eigenvalue weighted by atomic mass is 10.2. The third kappa shape index (κ3) is 3.43. The molecule has 3 rings (SSSR count). The van der Waals surface area contributed by atoms with Crippen LogP contribution in [0.1, 0.15) is 5.56 Å². The first-order valence-corrected chi connectivity index (χ1v) is 7.95. The molecule has 0 atom stereocenters. The Balaban J connectivity index is 1.76. The highest BCUT2D eigenvalue weighted by molar-refractivity contribution is 9.10. The molecule has 0 bridgehead atoms. The number of thioether (sulfide) groups is 1. The van der Waals surface area contributed by atoms with Gasteiger partial charge in [-0.05, 0) is 52.4 Å². The van der Waals surface area contributed by atoms with Crippen LogP contribution in [-0.4, -0.2) is 25.3 Å². The molecule has 0 amide bonds. The van der Waals surface area contributed by atoms with Crippen molar-refractivity contribution in [3.63, 3.8) is 0 Å². The van der Waals surface area contributed by atoms with Crippen molar-refractivity contribution in [2.24, 2.45) is 0 Å². The fourth-order valence-corrected chi connectivity index (χ4v) is 2.86. The molecule has 0 fully saturated rings. The van der Waals surface area contributed by atoms with Crippen LogP contribution in [0.4, 0.5) is 0 Å². The number of hydrogen-bond donors (Lipinski definition) is 1. The number of halogens is 1. The summed E-state index contributed by atoms with van der Waals surface area (Å²) in [7, 11) is 0. The number of tetrazole rings is 1. The van der Waals surface area contributed by atoms with E-state index in [4.69, 9.17) is 0 Å². The predicted octanol–water partition coefficient (Wildman–Crippen LogP) is 3.42. The zero-order valence-corrected chi connectivity index (χ0v) is 13.3. The van der Waals surface area contributed by atoms with E-state index in [2.05, 4.69) is 43.6 Å². The predicted molar refractivity (Wildman–Crippen MR) is 84.5 cm³/mol. The lowest BCUT2D eigenvalue weighted by Gasteiger charge is -2.04. The van der Waals surface area contributed by atoms with Crippen LogP contribution in [-0.2, 0) is 5.75 Å². The van der Waals surface area contributed by atoms with Crippen LogP contribution in [0.25, 0.3) is 5.69 Å². The van der Waals surface area contributed by atoms with E-state index in [0.29, 0.717) is 5.16 Å². The van der Waals surface area contributed by atoms with Crippen LogP contribution in [0.5, 0.6) is 5.75 Å². The van der Waals surface area contributed by atoms with Gasteiger partial charge in [0.1, 0.15) is 5.75 Å². The Labute approximate surface area is 134 Å². The molecule has 7 heteroatoms. The minimum Gasteiger partial charge on any atom is -0.508 e. The number of rotatable bonds is 4. The Bertz CT molecular complexity index is 727. The molecule has 0 spiro atoms. The molecule has 0 aliphatic carbocycles. The minimum absolute atomic E-state index is 0.218. The first kappa shape index (κ1) is 14.1. The molecule has 5 nitrogen and oxygen atoms in total. The van der Waals surface area contributed by atoms with E-state index in [1.807, 2.05) is 12.1 Å². The van der Waals surface area contributed by atoms with Crippen LogP contribution >= 0.6 is 27.7 Å². The van der Waals surface area contributed by atoms with Gasteiger partial charge in [-0.2, -0.15) is 4.68 Å². The van der Waals surface area contributed by atoms with Gasteiger partial charge in [0.15, 0.2) is 0 Å². The van der Waals surface area contributed by atoms with E-state index in [9.17, 15) is 5.11 Å². The maximum atomic E-state index is 9.33. The van der Waals surface area contributed by atoms with Crippen LogP contribution in [0.2, 0.25) is 0 Å². The highest BCUT2D eigenvalue weighted by atomic mass is 79.9. The van der Waals surface area contributed by atoms with Crippen molar-refractivity contribution < 1.29 is 5.11 Å². The zero-order valence-electron chi connectivity index (χ0n) is 10.8. The van der Waals surface area contributed by atoms with Crippen molar-refractivity contribution in [2.75, 3.05) is 0 Å². The Morgan fingerprint density at radius 1 is 1.05 bits per heavy atom. The average Bonchev–Trinajstić information content (AvgIpc) is 2.96. The number of nitrogens with zero attached hydrogens (tertiary/aromatic N) is 4. The summed E-state index contributed by atoms with van der Waals surface area (Å²) < 4.78 is 2.72. The van der Waals surface area contributed by atoms with Gasteiger partial charge in [0.25, 0.3) is 0 Å². The highest BCUT2D eigenvalue weighted by Crippen LogP contribution is 2.24. The van der Waals surface area contributed by atoms with Crippen LogP contribution < -0.4 is 0 Å².